The third kappa shape index (κ3) is 2.67. The second kappa shape index (κ2) is 4.52. The van der Waals surface area contributed by atoms with Crippen molar-refractivity contribution in [3.63, 3.8) is 0 Å². The van der Waals surface area contributed by atoms with Crippen LogP contribution < -0.4 is 5.32 Å². The molecule has 1 N–H and O–H groups in total. The quantitative estimate of drug-likeness (QED) is 0.709. The van der Waals surface area contributed by atoms with E-state index in [-0.39, 0.29) is 0 Å². The summed E-state index contributed by atoms with van der Waals surface area (Å²) in [6, 6.07) is 0. The molecule has 72 valence electrons. The first-order valence-corrected chi connectivity index (χ1v) is 6.28. The van der Waals surface area contributed by atoms with Crippen LogP contribution in [0.5, 0.6) is 0 Å². The first-order chi connectivity index (χ1) is 5.68. The summed E-state index contributed by atoms with van der Waals surface area (Å²) in [4.78, 5) is 0. The van der Waals surface area contributed by atoms with Crippen LogP contribution in [0.4, 0.5) is 0 Å². The Labute approximate surface area is 80.7 Å². The fourth-order valence-electron chi connectivity index (χ4n) is 2.09. The SMILES string of the molecule is CSCCC1(CC(C)C)CNC1. The van der Waals surface area contributed by atoms with Crippen LogP contribution in [0, 0.1) is 11.3 Å². The Morgan fingerprint density at radius 3 is 2.42 bits per heavy atom. The normalized spacial score (nSPS) is 21.0. The molecular formula is C10H21NS. The standard InChI is InChI=1S/C10H21NS/c1-9(2)6-10(4-5-12-3)7-11-8-10/h9,11H,4-8H2,1-3H3. The Morgan fingerprint density at radius 1 is 1.42 bits per heavy atom. The molecule has 0 unspecified atom stereocenters. The predicted molar refractivity (Wildman–Crippen MR) is 57.8 cm³/mol. The molecule has 1 aliphatic heterocycles. The maximum atomic E-state index is 3.41. The van der Waals surface area contributed by atoms with Crippen molar-refractivity contribution in [2.75, 3.05) is 25.1 Å². The fraction of sp³-hybridized carbons (Fsp3) is 1.00. The van der Waals surface area contributed by atoms with Gasteiger partial charge in [0.2, 0.25) is 0 Å². The van der Waals surface area contributed by atoms with Gasteiger partial charge in [0, 0.05) is 13.1 Å². The molecule has 0 saturated carbocycles. The fourth-order valence-corrected chi connectivity index (χ4v) is 2.72. The second-order valence-corrected chi connectivity index (χ2v) is 5.43. The number of thioether (sulfide) groups is 1. The minimum absolute atomic E-state index is 0.664. The lowest BCUT2D eigenvalue weighted by atomic mass is 9.73. The largest absolute Gasteiger partial charge is 0.316 e. The number of nitrogens with one attached hydrogen (secondary N) is 1. The van der Waals surface area contributed by atoms with Crippen LogP contribution in [0.2, 0.25) is 0 Å². The van der Waals surface area contributed by atoms with E-state index in [1.807, 2.05) is 11.8 Å². The highest BCUT2D eigenvalue weighted by Crippen LogP contribution is 2.35. The Hall–Kier alpha value is 0.310. The van der Waals surface area contributed by atoms with Crippen molar-refractivity contribution in [2.24, 2.45) is 11.3 Å². The maximum Gasteiger partial charge on any atom is 0.00206 e. The Balaban J connectivity index is 2.29. The molecular weight excluding hydrogens is 166 g/mol. The number of hydrogen-bond donors (Lipinski definition) is 1. The van der Waals surface area contributed by atoms with Crippen molar-refractivity contribution in [1.82, 2.24) is 5.32 Å². The first-order valence-electron chi connectivity index (χ1n) is 4.88. The predicted octanol–water partition coefficient (Wildman–Crippen LogP) is 2.38. The summed E-state index contributed by atoms with van der Waals surface area (Å²) in [7, 11) is 0. The topological polar surface area (TPSA) is 12.0 Å². The van der Waals surface area contributed by atoms with Crippen molar-refractivity contribution in [2.45, 2.75) is 26.7 Å². The molecule has 0 aliphatic carbocycles. The van der Waals surface area contributed by atoms with E-state index in [0.29, 0.717) is 5.41 Å². The van der Waals surface area contributed by atoms with Gasteiger partial charge in [0.25, 0.3) is 0 Å². The van der Waals surface area contributed by atoms with Gasteiger partial charge < -0.3 is 5.32 Å². The van der Waals surface area contributed by atoms with Gasteiger partial charge in [-0.3, -0.25) is 0 Å². The molecule has 1 saturated heterocycles. The lowest BCUT2D eigenvalue weighted by molar-refractivity contribution is 0.127. The van der Waals surface area contributed by atoms with Crippen LogP contribution in [0.1, 0.15) is 26.7 Å². The Kier molecular flexibility index (Phi) is 3.91. The zero-order chi connectivity index (χ0) is 9.03. The molecule has 1 aliphatic rings. The smallest absolute Gasteiger partial charge is 0.00206 e. The molecule has 1 fully saturated rings. The van der Waals surface area contributed by atoms with Crippen LogP contribution >= 0.6 is 11.8 Å². The summed E-state index contributed by atoms with van der Waals surface area (Å²) in [5.41, 5.74) is 0.664. The van der Waals surface area contributed by atoms with Crippen molar-refractivity contribution in [3.8, 4) is 0 Å². The van der Waals surface area contributed by atoms with E-state index in [1.165, 1.54) is 31.7 Å². The van der Waals surface area contributed by atoms with E-state index in [0.717, 1.165) is 5.92 Å². The van der Waals surface area contributed by atoms with Gasteiger partial charge in [0.05, 0.1) is 0 Å². The minimum atomic E-state index is 0.664. The van der Waals surface area contributed by atoms with E-state index in [1.54, 1.807) is 0 Å². The molecule has 1 heterocycles. The van der Waals surface area contributed by atoms with Gasteiger partial charge in [-0.2, -0.15) is 11.8 Å². The van der Waals surface area contributed by atoms with Gasteiger partial charge in [-0.25, -0.2) is 0 Å². The average Bonchev–Trinajstić information content (AvgIpc) is 1.94. The van der Waals surface area contributed by atoms with Crippen molar-refractivity contribution in [3.05, 3.63) is 0 Å². The summed E-state index contributed by atoms with van der Waals surface area (Å²) in [6.45, 7) is 7.18. The summed E-state index contributed by atoms with van der Waals surface area (Å²) in [6.07, 6.45) is 5.01. The van der Waals surface area contributed by atoms with E-state index < -0.39 is 0 Å². The summed E-state index contributed by atoms with van der Waals surface area (Å²) in [5, 5.41) is 3.41. The van der Waals surface area contributed by atoms with Gasteiger partial charge in [-0.1, -0.05) is 13.8 Å². The molecule has 1 nitrogen and oxygen atoms in total. The Bertz CT molecular complexity index is 130. The van der Waals surface area contributed by atoms with Gasteiger partial charge in [0.15, 0.2) is 0 Å². The third-order valence-corrected chi connectivity index (χ3v) is 3.29. The highest BCUT2D eigenvalue weighted by Gasteiger charge is 2.36. The van der Waals surface area contributed by atoms with Crippen LogP contribution in [0.25, 0.3) is 0 Å². The maximum absolute atomic E-state index is 3.41. The van der Waals surface area contributed by atoms with Crippen LogP contribution in [-0.4, -0.2) is 25.1 Å². The minimum Gasteiger partial charge on any atom is -0.316 e. The highest BCUT2D eigenvalue weighted by molar-refractivity contribution is 7.98. The van der Waals surface area contributed by atoms with Gasteiger partial charge in [-0.15, -0.1) is 0 Å². The molecule has 0 aromatic heterocycles. The van der Waals surface area contributed by atoms with Crippen LogP contribution in [-0.2, 0) is 0 Å². The Morgan fingerprint density at radius 2 is 2.08 bits per heavy atom. The summed E-state index contributed by atoms with van der Waals surface area (Å²) >= 11 is 1.98. The highest BCUT2D eigenvalue weighted by atomic mass is 32.2. The van der Waals surface area contributed by atoms with Crippen LogP contribution in [0.3, 0.4) is 0 Å². The molecule has 12 heavy (non-hydrogen) atoms. The third-order valence-electron chi connectivity index (χ3n) is 2.68. The molecule has 0 radical (unpaired) electrons. The average molecular weight is 187 g/mol. The molecule has 0 amide bonds. The summed E-state index contributed by atoms with van der Waals surface area (Å²) in [5.74, 6) is 2.18. The monoisotopic (exact) mass is 187 g/mol. The van der Waals surface area contributed by atoms with E-state index in [4.69, 9.17) is 0 Å². The summed E-state index contributed by atoms with van der Waals surface area (Å²) < 4.78 is 0. The van der Waals surface area contributed by atoms with E-state index in [2.05, 4.69) is 25.4 Å². The molecule has 1 rings (SSSR count). The van der Waals surface area contributed by atoms with Crippen molar-refractivity contribution >= 4 is 11.8 Å². The van der Waals surface area contributed by atoms with Gasteiger partial charge in [0.1, 0.15) is 0 Å². The molecule has 0 aromatic carbocycles. The first kappa shape index (κ1) is 10.4. The van der Waals surface area contributed by atoms with E-state index in [9.17, 15) is 0 Å². The molecule has 0 spiro atoms. The molecule has 0 bridgehead atoms. The lowest BCUT2D eigenvalue weighted by Gasteiger charge is -2.44. The second-order valence-electron chi connectivity index (χ2n) is 4.44. The zero-order valence-corrected chi connectivity index (χ0v) is 9.34. The van der Waals surface area contributed by atoms with Crippen molar-refractivity contribution in [1.29, 1.82) is 0 Å². The lowest BCUT2D eigenvalue weighted by Crippen LogP contribution is -2.54. The molecule has 2 heteroatoms. The number of hydrogen-bond acceptors (Lipinski definition) is 2. The molecule has 0 aromatic rings. The van der Waals surface area contributed by atoms with Gasteiger partial charge in [-0.05, 0) is 36.2 Å². The van der Waals surface area contributed by atoms with Crippen LogP contribution in [0.15, 0.2) is 0 Å². The molecule has 0 atom stereocenters. The van der Waals surface area contributed by atoms with E-state index >= 15 is 0 Å². The zero-order valence-electron chi connectivity index (χ0n) is 8.52. The number of rotatable bonds is 5. The van der Waals surface area contributed by atoms with Gasteiger partial charge >= 0.3 is 0 Å². The van der Waals surface area contributed by atoms with Crippen molar-refractivity contribution < 1.29 is 0 Å².